The van der Waals surface area contributed by atoms with Crippen LogP contribution in [0.2, 0.25) is 0 Å². The molecule has 4 nitrogen and oxygen atoms in total. The number of nitrogens with zero attached hydrogens (tertiary/aromatic N) is 1. The van der Waals surface area contributed by atoms with E-state index >= 15 is 0 Å². The summed E-state index contributed by atoms with van der Waals surface area (Å²) < 4.78 is 9.58. The molecule has 0 aliphatic carbocycles. The number of unbranched alkanes of at least 4 members (excludes halogenated alkanes) is 3. The highest BCUT2D eigenvalue weighted by atomic mass is 32.2. The van der Waals surface area contributed by atoms with Gasteiger partial charge in [0.15, 0.2) is 16.6 Å². The van der Waals surface area contributed by atoms with E-state index in [4.69, 9.17) is 10.5 Å². The summed E-state index contributed by atoms with van der Waals surface area (Å²) in [5.41, 5.74) is 5.74. The van der Waals surface area contributed by atoms with Gasteiger partial charge in [0.25, 0.3) is 0 Å². The Balaban J connectivity index is 2.18. The molecule has 0 fully saturated rings. The maximum absolute atomic E-state index is 5.74. The molecule has 0 spiro atoms. The monoisotopic (exact) mass is 289 g/mol. The number of aromatic nitrogens is 1. The van der Waals surface area contributed by atoms with Crippen molar-refractivity contribution in [2.75, 3.05) is 36.2 Å². The molecule has 1 rings (SSSR count). The lowest BCUT2D eigenvalue weighted by molar-refractivity contribution is 0.344. The van der Waals surface area contributed by atoms with E-state index in [1.54, 1.807) is 0 Å². The Hall–Kier alpha value is -0.620. The Morgan fingerprint density at radius 3 is 2.83 bits per heavy atom. The zero-order valence-electron chi connectivity index (χ0n) is 11.2. The maximum atomic E-state index is 5.74. The van der Waals surface area contributed by atoms with Crippen LogP contribution in [-0.4, -0.2) is 29.5 Å². The van der Waals surface area contributed by atoms with Crippen LogP contribution in [0.25, 0.3) is 0 Å². The van der Waals surface area contributed by atoms with Crippen molar-refractivity contribution in [2.24, 2.45) is 0 Å². The molecule has 6 heteroatoms. The number of nitrogen functional groups attached to an aromatic ring is 1. The van der Waals surface area contributed by atoms with Crippen molar-refractivity contribution in [2.45, 2.75) is 32.6 Å². The second kappa shape index (κ2) is 9.33. The van der Waals surface area contributed by atoms with E-state index < -0.39 is 0 Å². The fourth-order valence-corrected chi connectivity index (χ4v) is 2.80. The van der Waals surface area contributed by atoms with Gasteiger partial charge in [0.05, 0.1) is 6.61 Å². The predicted octanol–water partition coefficient (Wildman–Crippen LogP) is 3.46. The quantitative estimate of drug-likeness (QED) is 0.646. The van der Waals surface area contributed by atoms with Crippen LogP contribution < -0.4 is 15.8 Å². The number of nitrogens with two attached hydrogens (primary N) is 1. The highest BCUT2D eigenvalue weighted by molar-refractivity contribution is 7.98. The number of anilines is 2. The van der Waals surface area contributed by atoms with Crippen LogP contribution in [0.5, 0.6) is 5.75 Å². The zero-order chi connectivity index (χ0) is 13.2. The Kier molecular flexibility index (Phi) is 8.00. The van der Waals surface area contributed by atoms with Crippen molar-refractivity contribution in [3.05, 3.63) is 0 Å². The minimum atomic E-state index is 0.490. The van der Waals surface area contributed by atoms with Crippen molar-refractivity contribution in [3.8, 4) is 5.75 Å². The van der Waals surface area contributed by atoms with Crippen molar-refractivity contribution in [3.63, 3.8) is 0 Å². The molecular formula is C12H23N3OS2. The van der Waals surface area contributed by atoms with Gasteiger partial charge < -0.3 is 15.8 Å². The molecule has 3 N–H and O–H groups in total. The summed E-state index contributed by atoms with van der Waals surface area (Å²) in [6.07, 6.45) is 7.24. The summed E-state index contributed by atoms with van der Waals surface area (Å²) in [6, 6.07) is 0. The Labute approximate surface area is 118 Å². The van der Waals surface area contributed by atoms with Gasteiger partial charge in [-0.3, -0.25) is 0 Å². The molecule has 0 radical (unpaired) electrons. The summed E-state index contributed by atoms with van der Waals surface area (Å²) in [5.74, 6) is 2.47. The predicted molar refractivity (Wildman–Crippen MR) is 83.0 cm³/mol. The molecule has 1 aromatic heterocycles. The van der Waals surface area contributed by atoms with Gasteiger partial charge in [-0.05, 0) is 43.3 Å². The first-order valence-electron chi connectivity index (χ1n) is 6.40. The molecule has 0 saturated carbocycles. The molecule has 1 aromatic rings. The molecule has 0 saturated heterocycles. The first-order chi connectivity index (χ1) is 8.79. The van der Waals surface area contributed by atoms with Crippen LogP contribution in [0.1, 0.15) is 32.6 Å². The molecule has 0 aliphatic rings. The average Bonchev–Trinajstić information content (AvgIpc) is 2.71. The lowest BCUT2D eigenvalue weighted by Gasteiger charge is -2.07. The topological polar surface area (TPSA) is 60.2 Å². The van der Waals surface area contributed by atoms with Crippen LogP contribution in [-0.2, 0) is 0 Å². The fourth-order valence-electron chi connectivity index (χ4n) is 1.62. The fraction of sp³-hybridized carbons (Fsp3) is 0.750. The molecular weight excluding hydrogens is 266 g/mol. The van der Waals surface area contributed by atoms with Crippen molar-refractivity contribution in [1.82, 2.24) is 4.37 Å². The summed E-state index contributed by atoms with van der Waals surface area (Å²) in [5, 5.41) is 4.31. The first-order valence-corrected chi connectivity index (χ1v) is 8.57. The molecule has 0 aromatic carbocycles. The number of nitrogens with one attached hydrogen (secondary N) is 1. The van der Waals surface area contributed by atoms with E-state index in [1.165, 1.54) is 43.0 Å². The number of thioether (sulfide) groups is 1. The van der Waals surface area contributed by atoms with Gasteiger partial charge in [-0.25, -0.2) is 0 Å². The van der Waals surface area contributed by atoms with Gasteiger partial charge in [-0.15, -0.1) is 0 Å². The molecule has 104 valence electrons. The summed E-state index contributed by atoms with van der Waals surface area (Å²) in [6.45, 7) is 3.53. The molecule has 1 heterocycles. The smallest absolute Gasteiger partial charge is 0.197 e. The van der Waals surface area contributed by atoms with Gasteiger partial charge in [0.1, 0.15) is 0 Å². The highest BCUT2D eigenvalue weighted by Gasteiger charge is 2.11. The molecule has 0 atom stereocenters. The number of hydrogen-bond donors (Lipinski definition) is 2. The molecule has 18 heavy (non-hydrogen) atoms. The van der Waals surface area contributed by atoms with Crippen LogP contribution >= 0.6 is 23.3 Å². The Bertz CT molecular complexity index is 331. The van der Waals surface area contributed by atoms with Gasteiger partial charge in [-0.1, -0.05) is 12.8 Å². The van der Waals surface area contributed by atoms with E-state index in [2.05, 4.69) is 15.9 Å². The van der Waals surface area contributed by atoms with Gasteiger partial charge in [-0.2, -0.15) is 16.1 Å². The first kappa shape index (κ1) is 15.4. The minimum absolute atomic E-state index is 0.490. The summed E-state index contributed by atoms with van der Waals surface area (Å²) >= 11 is 3.29. The summed E-state index contributed by atoms with van der Waals surface area (Å²) in [7, 11) is 0. The lowest BCUT2D eigenvalue weighted by atomic mass is 10.2. The Morgan fingerprint density at radius 2 is 2.11 bits per heavy atom. The molecule has 0 unspecified atom stereocenters. The van der Waals surface area contributed by atoms with Crippen molar-refractivity contribution >= 4 is 34.1 Å². The number of rotatable bonds is 10. The molecule has 0 bridgehead atoms. The standard InChI is InChI=1S/C12H23N3OS2/c1-3-16-10-11(13)15-18-12(10)14-8-6-4-5-7-9-17-2/h14H,3-9H2,1-2H3,(H2,13,15). The molecule has 0 aliphatic heterocycles. The van der Waals surface area contributed by atoms with Crippen LogP contribution in [0.4, 0.5) is 10.8 Å². The minimum Gasteiger partial charge on any atom is -0.487 e. The van der Waals surface area contributed by atoms with Crippen LogP contribution in [0.15, 0.2) is 0 Å². The molecule has 0 amide bonds. The second-order valence-electron chi connectivity index (χ2n) is 3.99. The number of ether oxygens (including phenoxy) is 1. The van der Waals surface area contributed by atoms with Crippen molar-refractivity contribution in [1.29, 1.82) is 0 Å². The van der Waals surface area contributed by atoms with E-state index in [9.17, 15) is 0 Å². The van der Waals surface area contributed by atoms with Gasteiger partial charge in [0, 0.05) is 6.54 Å². The normalized spacial score (nSPS) is 10.6. The third-order valence-corrected chi connectivity index (χ3v) is 4.02. The third-order valence-electron chi connectivity index (χ3n) is 2.52. The van der Waals surface area contributed by atoms with Gasteiger partial charge in [0.2, 0.25) is 0 Å². The number of hydrogen-bond acceptors (Lipinski definition) is 6. The Morgan fingerprint density at radius 1 is 1.33 bits per heavy atom. The lowest BCUT2D eigenvalue weighted by Crippen LogP contribution is -2.03. The average molecular weight is 289 g/mol. The zero-order valence-corrected chi connectivity index (χ0v) is 12.8. The SMILES string of the molecule is CCOc1c(N)nsc1NCCCCCCSC. The van der Waals surface area contributed by atoms with E-state index in [0.717, 1.165) is 11.5 Å². The highest BCUT2D eigenvalue weighted by Crippen LogP contribution is 2.34. The summed E-state index contributed by atoms with van der Waals surface area (Å²) in [4.78, 5) is 0. The van der Waals surface area contributed by atoms with E-state index in [-0.39, 0.29) is 0 Å². The second-order valence-corrected chi connectivity index (χ2v) is 5.75. The van der Waals surface area contributed by atoms with E-state index in [0.29, 0.717) is 18.2 Å². The van der Waals surface area contributed by atoms with Crippen LogP contribution in [0, 0.1) is 0 Å². The third kappa shape index (κ3) is 5.35. The van der Waals surface area contributed by atoms with E-state index in [1.807, 2.05) is 18.7 Å². The van der Waals surface area contributed by atoms with Gasteiger partial charge >= 0.3 is 0 Å². The van der Waals surface area contributed by atoms with Crippen LogP contribution in [0.3, 0.4) is 0 Å². The van der Waals surface area contributed by atoms with Crippen molar-refractivity contribution < 1.29 is 4.74 Å². The maximum Gasteiger partial charge on any atom is 0.197 e. The largest absolute Gasteiger partial charge is 0.487 e.